The Kier molecular flexibility index (Phi) is 6.84. The molecule has 2 aromatic rings. The largest absolute Gasteiger partial charge is 0.481 e. The van der Waals surface area contributed by atoms with E-state index in [0.717, 1.165) is 0 Å². The monoisotopic (exact) mass is 434 g/mol. The van der Waals surface area contributed by atoms with Gasteiger partial charge in [-0.3, -0.25) is 4.79 Å². The first-order valence-corrected chi connectivity index (χ1v) is 11.3. The van der Waals surface area contributed by atoms with Gasteiger partial charge in [0.15, 0.2) is 17.6 Å². The number of carbonyl (C=O) groups is 1. The van der Waals surface area contributed by atoms with Gasteiger partial charge in [0, 0.05) is 18.3 Å². The third kappa shape index (κ3) is 6.11. The van der Waals surface area contributed by atoms with E-state index in [4.69, 9.17) is 14.2 Å². The van der Waals surface area contributed by atoms with E-state index < -0.39 is 16.1 Å². The smallest absolute Gasteiger partial charge is 0.265 e. The number of hydrogen-bond acceptors (Lipinski definition) is 6. The molecule has 1 unspecified atom stereocenters. The molecule has 0 bridgehead atoms. The van der Waals surface area contributed by atoms with E-state index in [0.29, 0.717) is 35.0 Å². The Labute approximate surface area is 176 Å². The van der Waals surface area contributed by atoms with Crippen LogP contribution < -0.4 is 24.2 Å². The topological polar surface area (TPSA) is 103 Å². The van der Waals surface area contributed by atoms with Gasteiger partial charge < -0.3 is 19.5 Å². The maximum Gasteiger partial charge on any atom is 0.265 e. The summed E-state index contributed by atoms with van der Waals surface area (Å²) in [6.45, 7) is 6.04. The van der Waals surface area contributed by atoms with Gasteiger partial charge in [-0.05, 0) is 42.7 Å². The lowest BCUT2D eigenvalue weighted by molar-refractivity contribution is -0.122. The average Bonchev–Trinajstić information content (AvgIpc) is 3.14. The molecule has 1 atom stereocenters. The number of amides is 1. The summed E-state index contributed by atoms with van der Waals surface area (Å²) in [4.78, 5) is 12.5. The zero-order valence-corrected chi connectivity index (χ0v) is 18.0. The molecule has 0 spiro atoms. The molecule has 30 heavy (non-hydrogen) atoms. The number of carbonyl (C=O) groups excluding carboxylic acids is 1. The summed E-state index contributed by atoms with van der Waals surface area (Å²) in [5.41, 5.74) is 1.08. The molecule has 1 aliphatic rings. The standard InChI is InChI=1S/C21H26N2O6S/c1-14(2)11-22-30(25,26)12-16-5-4-6-17(9-16)23-21(24)15(3)29-18-7-8-19-20(10-18)28-13-27-19/h4-10,14-15,22H,11-13H2,1-3H3,(H,23,24). The third-order valence-electron chi connectivity index (χ3n) is 4.29. The Hall–Kier alpha value is -2.78. The van der Waals surface area contributed by atoms with Crippen LogP contribution in [0.15, 0.2) is 42.5 Å². The Morgan fingerprint density at radius 1 is 1.10 bits per heavy atom. The summed E-state index contributed by atoms with van der Waals surface area (Å²) in [6, 6.07) is 11.8. The highest BCUT2D eigenvalue weighted by Gasteiger charge is 2.19. The minimum Gasteiger partial charge on any atom is -0.481 e. The van der Waals surface area contributed by atoms with Crippen molar-refractivity contribution in [3.05, 3.63) is 48.0 Å². The van der Waals surface area contributed by atoms with Crippen LogP contribution in [0.5, 0.6) is 17.2 Å². The lowest BCUT2D eigenvalue weighted by atomic mass is 10.2. The van der Waals surface area contributed by atoms with Crippen molar-refractivity contribution < 1.29 is 27.4 Å². The maximum atomic E-state index is 12.5. The molecule has 162 valence electrons. The van der Waals surface area contributed by atoms with Gasteiger partial charge in [0.2, 0.25) is 16.8 Å². The van der Waals surface area contributed by atoms with Crippen molar-refractivity contribution in [2.75, 3.05) is 18.7 Å². The zero-order chi connectivity index (χ0) is 21.7. The van der Waals surface area contributed by atoms with Crippen molar-refractivity contribution in [1.29, 1.82) is 0 Å². The summed E-state index contributed by atoms with van der Waals surface area (Å²) in [5.74, 6) is 1.39. The second kappa shape index (κ2) is 9.36. The Balaban J connectivity index is 1.59. The molecule has 0 aromatic heterocycles. The molecule has 0 radical (unpaired) electrons. The molecule has 0 saturated carbocycles. The van der Waals surface area contributed by atoms with Gasteiger partial charge in [-0.15, -0.1) is 0 Å². The van der Waals surface area contributed by atoms with E-state index in [-0.39, 0.29) is 24.4 Å². The highest BCUT2D eigenvalue weighted by atomic mass is 32.2. The molecular formula is C21H26N2O6S. The van der Waals surface area contributed by atoms with Crippen molar-refractivity contribution in [2.45, 2.75) is 32.6 Å². The number of benzene rings is 2. The zero-order valence-electron chi connectivity index (χ0n) is 17.2. The van der Waals surface area contributed by atoms with Crippen LogP contribution in [0.4, 0.5) is 5.69 Å². The van der Waals surface area contributed by atoms with Crippen molar-refractivity contribution in [1.82, 2.24) is 4.72 Å². The van der Waals surface area contributed by atoms with Gasteiger partial charge in [-0.2, -0.15) is 0 Å². The molecule has 3 rings (SSSR count). The van der Waals surface area contributed by atoms with Gasteiger partial charge in [-0.1, -0.05) is 26.0 Å². The van der Waals surface area contributed by atoms with E-state index in [1.165, 1.54) is 0 Å². The summed E-state index contributed by atoms with van der Waals surface area (Å²) in [5, 5.41) is 2.76. The first-order valence-electron chi connectivity index (χ1n) is 9.65. The number of anilines is 1. The molecule has 1 aliphatic heterocycles. The highest BCUT2D eigenvalue weighted by molar-refractivity contribution is 7.88. The highest BCUT2D eigenvalue weighted by Crippen LogP contribution is 2.35. The lowest BCUT2D eigenvalue weighted by Gasteiger charge is -2.15. The normalized spacial score (nSPS) is 13.9. The first kappa shape index (κ1) is 21.9. The van der Waals surface area contributed by atoms with Crippen LogP contribution in [0.2, 0.25) is 0 Å². The van der Waals surface area contributed by atoms with Gasteiger partial charge >= 0.3 is 0 Å². The maximum absolute atomic E-state index is 12.5. The number of sulfonamides is 1. The SMILES string of the molecule is CC(C)CNS(=O)(=O)Cc1cccc(NC(=O)C(C)Oc2ccc3c(c2)OCO3)c1. The fourth-order valence-corrected chi connectivity index (χ4v) is 4.06. The Morgan fingerprint density at radius 3 is 2.63 bits per heavy atom. The fourth-order valence-electron chi connectivity index (χ4n) is 2.75. The number of fused-ring (bicyclic) bond motifs is 1. The summed E-state index contributed by atoms with van der Waals surface area (Å²) in [7, 11) is -3.45. The number of hydrogen-bond donors (Lipinski definition) is 2. The molecular weight excluding hydrogens is 408 g/mol. The Morgan fingerprint density at radius 2 is 1.87 bits per heavy atom. The Bertz CT molecular complexity index is 1010. The van der Waals surface area contributed by atoms with Crippen LogP contribution >= 0.6 is 0 Å². The lowest BCUT2D eigenvalue weighted by Crippen LogP contribution is -2.30. The van der Waals surface area contributed by atoms with E-state index in [1.807, 2.05) is 13.8 Å². The number of ether oxygens (including phenoxy) is 3. The van der Waals surface area contributed by atoms with Gasteiger partial charge in [0.05, 0.1) is 5.75 Å². The van der Waals surface area contributed by atoms with Crippen molar-refractivity contribution in [3.8, 4) is 17.2 Å². The molecule has 1 heterocycles. The minimum atomic E-state index is -3.45. The molecule has 1 amide bonds. The van der Waals surface area contributed by atoms with Crippen LogP contribution in [0, 0.1) is 5.92 Å². The van der Waals surface area contributed by atoms with E-state index in [1.54, 1.807) is 49.4 Å². The van der Waals surface area contributed by atoms with Crippen LogP contribution in [0.25, 0.3) is 0 Å². The molecule has 0 fully saturated rings. The molecule has 8 nitrogen and oxygen atoms in total. The molecule has 2 aromatic carbocycles. The second-order valence-corrected chi connectivity index (χ2v) is 9.27. The molecule has 0 aliphatic carbocycles. The van der Waals surface area contributed by atoms with Crippen LogP contribution in [-0.2, 0) is 20.6 Å². The van der Waals surface area contributed by atoms with Crippen molar-refractivity contribution >= 4 is 21.6 Å². The number of rotatable bonds is 9. The summed E-state index contributed by atoms with van der Waals surface area (Å²) >= 11 is 0. The van der Waals surface area contributed by atoms with Crippen LogP contribution in [-0.4, -0.2) is 33.8 Å². The van der Waals surface area contributed by atoms with E-state index in [9.17, 15) is 13.2 Å². The molecule has 0 saturated heterocycles. The average molecular weight is 435 g/mol. The second-order valence-electron chi connectivity index (χ2n) is 7.47. The van der Waals surface area contributed by atoms with E-state index >= 15 is 0 Å². The predicted octanol–water partition coefficient (Wildman–Crippen LogP) is 2.90. The van der Waals surface area contributed by atoms with Gasteiger partial charge in [-0.25, -0.2) is 13.1 Å². The quantitative estimate of drug-likeness (QED) is 0.629. The van der Waals surface area contributed by atoms with Crippen molar-refractivity contribution in [3.63, 3.8) is 0 Å². The van der Waals surface area contributed by atoms with Gasteiger partial charge in [0.25, 0.3) is 5.91 Å². The molecule has 9 heteroatoms. The predicted molar refractivity (Wildman–Crippen MR) is 113 cm³/mol. The molecule has 2 N–H and O–H groups in total. The van der Waals surface area contributed by atoms with Crippen molar-refractivity contribution in [2.24, 2.45) is 5.92 Å². The van der Waals surface area contributed by atoms with Crippen LogP contribution in [0.3, 0.4) is 0 Å². The van der Waals surface area contributed by atoms with Crippen LogP contribution in [0.1, 0.15) is 26.3 Å². The fraction of sp³-hybridized carbons (Fsp3) is 0.381. The van der Waals surface area contributed by atoms with Gasteiger partial charge in [0.1, 0.15) is 5.75 Å². The minimum absolute atomic E-state index is 0.160. The van der Waals surface area contributed by atoms with E-state index in [2.05, 4.69) is 10.0 Å². The first-order chi connectivity index (χ1) is 14.2. The third-order valence-corrected chi connectivity index (χ3v) is 5.61. The summed E-state index contributed by atoms with van der Waals surface area (Å²) < 4.78 is 43.2. The number of nitrogens with one attached hydrogen (secondary N) is 2. The summed E-state index contributed by atoms with van der Waals surface area (Å²) in [6.07, 6.45) is -0.773.